The van der Waals surface area contributed by atoms with Crippen LogP contribution in [0.25, 0.3) is 0 Å². The van der Waals surface area contributed by atoms with Crippen LogP contribution >= 0.6 is 24.8 Å². The lowest BCUT2D eigenvalue weighted by Crippen LogP contribution is -2.54. The highest BCUT2D eigenvalue weighted by Gasteiger charge is 2.24. The molecule has 0 radical (unpaired) electrons. The predicted molar refractivity (Wildman–Crippen MR) is 77.9 cm³/mol. The molecule has 1 rings (SSSR count). The lowest BCUT2D eigenvalue weighted by atomic mass is 10.2. The molecule has 1 N–H and O–H groups in total. The SMILES string of the molecule is COCCNCC(=O)N1CCN(C)CC1C.Cl.Cl. The smallest absolute Gasteiger partial charge is 0.236 e. The Balaban J connectivity index is 0. The van der Waals surface area contributed by atoms with Gasteiger partial charge in [0.2, 0.25) is 5.91 Å². The summed E-state index contributed by atoms with van der Waals surface area (Å²) in [4.78, 5) is 16.1. The minimum absolute atomic E-state index is 0. The van der Waals surface area contributed by atoms with E-state index in [-0.39, 0.29) is 30.7 Å². The molecular formula is C11H25Cl2N3O2. The van der Waals surface area contributed by atoms with Gasteiger partial charge in [-0.05, 0) is 14.0 Å². The van der Waals surface area contributed by atoms with E-state index >= 15 is 0 Å². The molecule has 18 heavy (non-hydrogen) atoms. The van der Waals surface area contributed by atoms with E-state index in [1.165, 1.54) is 0 Å². The maximum atomic E-state index is 11.9. The molecular weight excluding hydrogens is 277 g/mol. The van der Waals surface area contributed by atoms with Gasteiger partial charge in [0.05, 0.1) is 13.2 Å². The topological polar surface area (TPSA) is 44.8 Å². The summed E-state index contributed by atoms with van der Waals surface area (Å²) in [5.41, 5.74) is 0. The third-order valence-electron chi connectivity index (χ3n) is 2.91. The first-order valence-electron chi connectivity index (χ1n) is 5.83. The Morgan fingerprint density at radius 1 is 1.39 bits per heavy atom. The van der Waals surface area contributed by atoms with Gasteiger partial charge in [0.25, 0.3) is 0 Å². The third kappa shape index (κ3) is 6.75. The van der Waals surface area contributed by atoms with Crippen LogP contribution in [0.5, 0.6) is 0 Å². The number of hydrogen-bond donors (Lipinski definition) is 1. The van der Waals surface area contributed by atoms with Crippen LogP contribution in [-0.2, 0) is 9.53 Å². The zero-order valence-electron chi connectivity index (χ0n) is 11.3. The van der Waals surface area contributed by atoms with E-state index in [2.05, 4.69) is 24.2 Å². The number of carbonyl (C=O) groups is 1. The van der Waals surface area contributed by atoms with E-state index in [9.17, 15) is 4.79 Å². The molecule has 1 aliphatic heterocycles. The Bertz CT molecular complexity index is 232. The van der Waals surface area contributed by atoms with Gasteiger partial charge in [0.1, 0.15) is 0 Å². The number of hydrogen-bond acceptors (Lipinski definition) is 4. The van der Waals surface area contributed by atoms with E-state index in [1.54, 1.807) is 7.11 Å². The minimum atomic E-state index is 0. The number of amides is 1. The van der Waals surface area contributed by atoms with Gasteiger partial charge in [-0.15, -0.1) is 24.8 Å². The number of nitrogens with zero attached hydrogens (tertiary/aromatic N) is 2. The molecule has 1 unspecified atom stereocenters. The normalized spacial score (nSPS) is 19.9. The number of carbonyl (C=O) groups excluding carboxylic acids is 1. The molecule has 7 heteroatoms. The van der Waals surface area contributed by atoms with Gasteiger partial charge in [-0.2, -0.15) is 0 Å². The number of nitrogens with one attached hydrogen (secondary N) is 1. The van der Waals surface area contributed by atoms with Crippen molar-refractivity contribution in [2.24, 2.45) is 0 Å². The van der Waals surface area contributed by atoms with Crippen LogP contribution in [0, 0.1) is 0 Å². The Morgan fingerprint density at radius 2 is 2.06 bits per heavy atom. The molecule has 1 fully saturated rings. The average Bonchev–Trinajstić information content (AvgIpc) is 2.24. The van der Waals surface area contributed by atoms with E-state index in [4.69, 9.17) is 4.74 Å². The molecule has 1 amide bonds. The molecule has 0 aromatic carbocycles. The zero-order chi connectivity index (χ0) is 12.0. The van der Waals surface area contributed by atoms with Crippen LogP contribution < -0.4 is 5.32 Å². The highest BCUT2D eigenvalue weighted by Crippen LogP contribution is 2.07. The van der Waals surface area contributed by atoms with Gasteiger partial charge >= 0.3 is 0 Å². The van der Waals surface area contributed by atoms with Crippen LogP contribution in [0.2, 0.25) is 0 Å². The highest BCUT2D eigenvalue weighted by atomic mass is 35.5. The van der Waals surface area contributed by atoms with Crippen molar-refractivity contribution in [2.75, 3.05) is 53.5 Å². The molecule has 1 saturated heterocycles. The number of piperazine rings is 1. The Morgan fingerprint density at radius 3 is 2.61 bits per heavy atom. The Labute approximate surface area is 122 Å². The van der Waals surface area contributed by atoms with E-state index in [0.29, 0.717) is 19.2 Å². The van der Waals surface area contributed by atoms with Crippen LogP contribution in [0.15, 0.2) is 0 Å². The molecule has 0 saturated carbocycles. The molecule has 1 heterocycles. The van der Waals surface area contributed by atoms with Crippen molar-refractivity contribution in [1.29, 1.82) is 0 Å². The van der Waals surface area contributed by atoms with Crippen molar-refractivity contribution in [2.45, 2.75) is 13.0 Å². The van der Waals surface area contributed by atoms with Gasteiger partial charge in [0.15, 0.2) is 0 Å². The Kier molecular flexibility index (Phi) is 12.2. The van der Waals surface area contributed by atoms with Gasteiger partial charge in [-0.25, -0.2) is 0 Å². The van der Waals surface area contributed by atoms with Crippen molar-refractivity contribution >= 4 is 30.7 Å². The number of rotatable bonds is 5. The maximum absolute atomic E-state index is 11.9. The van der Waals surface area contributed by atoms with Crippen LogP contribution in [0.3, 0.4) is 0 Å². The first-order valence-corrected chi connectivity index (χ1v) is 5.83. The molecule has 1 atom stereocenters. The van der Waals surface area contributed by atoms with Gasteiger partial charge in [0, 0.05) is 39.3 Å². The summed E-state index contributed by atoms with van der Waals surface area (Å²) in [6.07, 6.45) is 0. The average molecular weight is 302 g/mol. The van der Waals surface area contributed by atoms with Crippen molar-refractivity contribution in [1.82, 2.24) is 15.1 Å². The molecule has 0 spiro atoms. The van der Waals surface area contributed by atoms with Gasteiger partial charge in [-0.1, -0.05) is 0 Å². The number of ether oxygens (including phenoxy) is 1. The van der Waals surface area contributed by atoms with E-state index in [1.807, 2.05) is 4.90 Å². The molecule has 0 bridgehead atoms. The monoisotopic (exact) mass is 301 g/mol. The van der Waals surface area contributed by atoms with Crippen molar-refractivity contribution in [3.05, 3.63) is 0 Å². The van der Waals surface area contributed by atoms with Crippen LogP contribution in [0.1, 0.15) is 6.92 Å². The van der Waals surface area contributed by atoms with Gasteiger partial charge < -0.3 is 19.9 Å². The fourth-order valence-corrected chi connectivity index (χ4v) is 1.98. The largest absolute Gasteiger partial charge is 0.383 e. The quantitative estimate of drug-likeness (QED) is 0.739. The number of methoxy groups -OCH3 is 1. The molecule has 0 aromatic heterocycles. The second-order valence-electron chi connectivity index (χ2n) is 4.37. The standard InChI is InChI=1S/C11H23N3O2.2ClH/c1-10-9-13(2)5-6-14(10)11(15)8-12-4-7-16-3;;/h10,12H,4-9H2,1-3H3;2*1H. The third-order valence-corrected chi connectivity index (χ3v) is 2.91. The fourth-order valence-electron chi connectivity index (χ4n) is 1.98. The predicted octanol–water partition coefficient (Wildman–Crippen LogP) is 0.229. The number of likely N-dealkylation sites (N-methyl/N-ethyl adjacent to an activating group) is 1. The Hall–Kier alpha value is -0.0700. The summed E-state index contributed by atoms with van der Waals surface area (Å²) in [7, 11) is 3.75. The first kappa shape index (κ1) is 20.3. The summed E-state index contributed by atoms with van der Waals surface area (Å²) in [6.45, 7) is 6.65. The van der Waals surface area contributed by atoms with Crippen LogP contribution in [-0.4, -0.2) is 75.2 Å². The summed E-state index contributed by atoms with van der Waals surface area (Å²) < 4.78 is 4.91. The highest BCUT2D eigenvalue weighted by molar-refractivity contribution is 5.85. The minimum Gasteiger partial charge on any atom is -0.383 e. The van der Waals surface area contributed by atoms with Crippen molar-refractivity contribution < 1.29 is 9.53 Å². The zero-order valence-corrected chi connectivity index (χ0v) is 13.0. The van der Waals surface area contributed by atoms with Crippen molar-refractivity contribution in [3.8, 4) is 0 Å². The van der Waals surface area contributed by atoms with Gasteiger partial charge in [-0.3, -0.25) is 4.79 Å². The summed E-state index contributed by atoms with van der Waals surface area (Å²) >= 11 is 0. The second kappa shape index (κ2) is 10.8. The van der Waals surface area contributed by atoms with Crippen molar-refractivity contribution in [3.63, 3.8) is 0 Å². The molecule has 110 valence electrons. The summed E-state index contributed by atoms with van der Waals surface area (Å²) in [5.74, 6) is 0.191. The van der Waals surface area contributed by atoms with E-state index in [0.717, 1.165) is 26.2 Å². The maximum Gasteiger partial charge on any atom is 0.236 e. The molecule has 0 aliphatic carbocycles. The summed E-state index contributed by atoms with van der Waals surface area (Å²) in [6, 6.07) is 0.315. The first-order chi connectivity index (χ1) is 7.65. The lowest BCUT2D eigenvalue weighted by molar-refractivity contribution is -0.134. The molecule has 1 aliphatic rings. The molecule has 0 aromatic rings. The summed E-state index contributed by atoms with van der Waals surface area (Å²) in [5, 5.41) is 3.09. The fraction of sp³-hybridized carbons (Fsp3) is 0.909. The lowest BCUT2D eigenvalue weighted by Gasteiger charge is -2.38. The second-order valence-corrected chi connectivity index (χ2v) is 4.37. The molecule has 5 nitrogen and oxygen atoms in total. The van der Waals surface area contributed by atoms with Crippen LogP contribution in [0.4, 0.5) is 0 Å². The number of halogens is 2. The van der Waals surface area contributed by atoms with E-state index < -0.39 is 0 Å².